The molecule has 0 spiro atoms. The first-order valence-corrected chi connectivity index (χ1v) is 7.21. The Morgan fingerprint density at radius 1 is 0.840 bits per heavy atom. The fraction of sp³-hybridized carbons (Fsp3) is 0.0909. The molecule has 0 amide bonds. The highest BCUT2D eigenvalue weighted by Crippen LogP contribution is 2.15. The summed E-state index contributed by atoms with van der Waals surface area (Å²) in [5.41, 5.74) is 9.38. The van der Waals surface area contributed by atoms with E-state index in [1.54, 1.807) is 0 Å². The number of hydrogen-bond donors (Lipinski definition) is 0. The first-order valence-electron chi connectivity index (χ1n) is 7.21. The van der Waals surface area contributed by atoms with Gasteiger partial charge in [-0.05, 0) is 75.7 Å². The maximum atomic E-state index is 8.17. The number of fused-ring (bicyclic) bond motifs is 1. The minimum Gasteiger partial charge on any atom is -0.106 e. The molecule has 2 rings (SSSR count). The molecule has 0 atom stereocenters. The average Bonchev–Trinajstić information content (AvgIpc) is 2.65. The zero-order chi connectivity index (χ0) is 18.2. The summed E-state index contributed by atoms with van der Waals surface area (Å²) in [5.74, 6) is 18.4. The second-order valence-corrected chi connectivity index (χ2v) is 4.42. The number of azide groups is 1. The van der Waals surface area contributed by atoms with Gasteiger partial charge in [0.25, 0.3) is 0 Å². The van der Waals surface area contributed by atoms with Crippen LogP contribution in [0.3, 0.4) is 0 Å². The van der Waals surface area contributed by atoms with Crippen LogP contribution in [0, 0.1) is 60.2 Å². The zero-order valence-electron chi connectivity index (χ0n) is 13.5. The van der Waals surface area contributed by atoms with Crippen molar-refractivity contribution in [1.82, 2.24) is 0 Å². The number of terminal acetylenes is 2. The van der Waals surface area contributed by atoms with Gasteiger partial charge in [-0.15, -0.1) is 12.8 Å². The highest BCUT2D eigenvalue weighted by atomic mass is 15.1. The van der Waals surface area contributed by atoms with Crippen molar-refractivity contribution < 1.29 is 0 Å². The highest BCUT2D eigenvalue weighted by molar-refractivity contribution is 5.82. The predicted octanol–water partition coefficient (Wildman–Crippen LogP) is 3.96. The molecule has 0 fully saturated rings. The molecule has 2 aromatic carbocycles. The van der Waals surface area contributed by atoms with Gasteiger partial charge in [0.15, 0.2) is 0 Å². The summed E-state index contributed by atoms with van der Waals surface area (Å²) in [4.78, 5) is 2.74. The first kappa shape index (κ1) is 18.9. The summed E-state index contributed by atoms with van der Waals surface area (Å²) in [6.07, 6.45) is 10.4. The lowest BCUT2D eigenvalue weighted by atomic mass is 10.1. The Morgan fingerprint density at radius 3 is 2.04 bits per heavy atom. The third-order valence-corrected chi connectivity index (χ3v) is 2.83. The van der Waals surface area contributed by atoms with Crippen LogP contribution < -0.4 is 0 Å². The summed E-state index contributed by atoms with van der Waals surface area (Å²) >= 11 is 0. The van der Waals surface area contributed by atoms with E-state index in [-0.39, 0.29) is 0 Å². The molecule has 0 heterocycles. The van der Waals surface area contributed by atoms with Crippen LogP contribution in [-0.4, -0.2) is 6.54 Å². The van der Waals surface area contributed by atoms with E-state index in [1.807, 2.05) is 12.1 Å². The van der Waals surface area contributed by atoms with Gasteiger partial charge in [-0.25, -0.2) is 0 Å². The van der Waals surface area contributed by atoms with Crippen molar-refractivity contribution in [3.05, 3.63) is 58.5 Å². The largest absolute Gasteiger partial charge is 0.106 e. The van der Waals surface area contributed by atoms with E-state index in [9.17, 15) is 0 Å². The molecule has 3 heteroatoms. The van der Waals surface area contributed by atoms with Gasteiger partial charge in [-0.2, -0.15) is 0 Å². The van der Waals surface area contributed by atoms with Crippen LogP contribution in [0.15, 0.2) is 47.6 Å². The van der Waals surface area contributed by atoms with E-state index < -0.39 is 0 Å². The molecule has 0 aliphatic carbocycles. The first-order chi connectivity index (χ1) is 12.3. The monoisotopic (exact) mass is 319 g/mol. The maximum absolute atomic E-state index is 8.17. The number of rotatable bonds is 3. The lowest BCUT2D eigenvalue weighted by molar-refractivity contribution is 0.958. The second kappa shape index (κ2) is 12.4. The van der Waals surface area contributed by atoms with Crippen LogP contribution in [-0.2, 0) is 6.42 Å². The Labute approximate surface area is 148 Å². The topological polar surface area (TPSA) is 48.8 Å². The van der Waals surface area contributed by atoms with Crippen LogP contribution in [0.1, 0.15) is 5.56 Å². The Hall–Kier alpha value is -4.19. The molecular weight excluding hydrogens is 306 g/mol. The normalized spacial score (nSPS) is 7.28. The Balaban J connectivity index is 0.000000275. The smallest absolute Gasteiger partial charge is 0.0298 e. The van der Waals surface area contributed by atoms with Crippen LogP contribution in [0.2, 0.25) is 0 Å². The molecule has 0 saturated carbocycles. The molecular formula is C22H13N3. The van der Waals surface area contributed by atoms with Crippen molar-refractivity contribution in [3.8, 4) is 60.2 Å². The second-order valence-electron chi connectivity index (χ2n) is 4.42. The predicted molar refractivity (Wildman–Crippen MR) is 103 cm³/mol. The van der Waals surface area contributed by atoms with Crippen molar-refractivity contribution in [3.63, 3.8) is 0 Å². The quantitative estimate of drug-likeness (QED) is 0.356. The van der Waals surface area contributed by atoms with Crippen molar-refractivity contribution in [1.29, 1.82) is 0 Å². The number of hydrogen-bond acceptors (Lipinski definition) is 1. The van der Waals surface area contributed by atoms with Crippen molar-refractivity contribution in [2.45, 2.75) is 6.42 Å². The third kappa shape index (κ3) is 8.12. The van der Waals surface area contributed by atoms with Gasteiger partial charge in [-0.1, -0.05) is 47.6 Å². The minimum atomic E-state index is 0.523. The molecule has 116 valence electrons. The average molecular weight is 319 g/mol. The third-order valence-electron chi connectivity index (χ3n) is 2.83. The van der Waals surface area contributed by atoms with E-state index >= 15 is 0 Å². The molecule has 3 nitrogen and oxygen atoms in total. The molecule has 0 radical (unpaired) electrons. The summed E-state index contributed by atoms with van der Waals surface area (Å²) < 4.78 is 0. The lowest BCUT2D eigenvalue weighted by Crippen LogP contribution is -1.88. The van der Waals surface area contributed by atoms with Gasteiger partial charge in [-0.3, -0.25) is 0 Å². The zero-order valence-corrected chi connectivity index (χ0v) is 13.5. The van der Waals surface area contributed by atoms with Crippen molar-refractivity contribution in [2.75, 3.05) is 6.54 Å². The van der Waals surface area contributed by atoms with E-state index in [2.05, 4.69) is 87.7 Å². The fourth-order valence-electron chi connectivity index (χ4n) is 1.82. The number of nitrogens with zero attached hydrogens (tertiary/aromatic N) is 3. The molecule has 0 aliphatic rings. The van der Waals surface area contributed by atoms with Gasteiger partial charge in [0, 0.05) is 11.5 Å². The van der Waals surface area contributed by atoms with E-state index in [4.69, 9.17) is 18.4 Å². The standard InChI is InChI=1S/C12H11N3.C10H2/c13-15-14-8-7-10-5-6-11-3-1-2-4-12(11)9-10;1-3-5-7-9-10-8-6-4-2/h1-6,9H,7-8H2;1-2H. The van der Waals surface area contributed by atoms with Crippen LogP contribution in [0.25, 0.3) is 21.2 Å². The van der Waals surface area contributed by atoms with Crippen LogP contribution in [0.5, 0.6) is 0 Å². The molecule has 2 aromatic rings. The van der Waals surface area contributed by atoms with E-state index in [0.717, 1.165) is 6.42 Å². The lowest BCUT2D eigenvalue weighted by Gasteiger charge is -2.01. The minimum absolute atomic E-state index is 0.523. The number of benzene rings is 2. The van der Waals surface area contributed by atoms with Crippen molar-refractivity contribution >= 4 is 10.8 Å². The summed E-state index contributed by atoms with van der Waals surface area (Å²) in [6.45, 7) is 0.523. The van der Waals surface area contributed by atoms with Gasteiger partial charge < -0.3 is 0 Å². The van der Waals surface area contributed by atoms with Gasteiger partial charge in [0.1, 0.15) is 0 Å². The maximum Gasteiger partial charge on any atom is 0.0298 e. The fourth-order valence-corrected chi connectivity index (χ4v) is 1.82. The Morgan fingerprint density at radius 2 is 1.44 bits per heavy atom. The van der Waals surface area contributed by atoms with Gasteiger partial charge in [0.05, 0.1) is 0 Å². The Kier molecular flexibility index (Phi) is 9.33. The highest BCUT2D eigenvalue weighted by Gasteiger charge is 1.95. The summed E-state index contributed by atoms with van der Waals surface area (Å²) in [6, 6.07) is 14.6. The van der Waals surface area contributed by atoms with Crippen LogP contribution >= 0.6 is 0 Å². The SMILES string of the molecule is C#CC#CC#CC#CC#C.[N-]=[N+]=NCCc1ccc2ccccc2c1. The molecule has 0 bridgehead atoms. The molecule has 25 heavy (non-hydrogen) atoms. The summed E-state index contributed by atoms with van der Waals surface area (Å²) in [5, 5.41) is 6.00. The van der Waals surface area contributed by atoms with Gasteiger partial charge >= 0.3 is 0 Å². The Bertz CT molecular complexity index is 1000. The van der Waals surface area contributed by atoms with E-state index in [0.29, 0.717) is 6.54 Å². The molecule has 0 aromatic heterocycles. The summed E-state index contributed by atoms with van der Waals surface area (Å²) in [7, 11) is 0. The van der Waals surface area contributed by atoms with E-state index in [1.165, 1.54) is 16.3 Å². The van der Waals surface area contributed by atoms with Crippen LogP contribution in [0.4, 0.5) is 0 Å². The van der Waals surface area contributed by atoms with Crippen molar-refractivity contribution in [2.24, 2.45) is 5.11 Å². The molecule has 0 saturated heterocycles. The molecule has 0 N–H and O–H groups in total. The molecule has 0 unspecified atom stereocenters. The molecule has 0 aliphatic heterocycles. The van der Waals surface area contributed by atoms with Gasteiger partial charge in [0.2, 0.25) is 0 Å².